The Morgan fingerprint density at radius 2 is 1.86 bits per heavy atom. The van der Waals surface area contributed by atoms with Crippen molar-refractivity contribution in [1.29, 1.82) is 0 Å². The first-order valence-electron chi connectivity index (χ1n) is 7.18. The molecule has 1 aromatic carbocycles. The molecule has 0 unspecified atom stereocenters. The average molecular weight is 275 g/mol. The predicted octanol–water partition coefficient (Wildman–Crippen LogP) is 4.43. The fourth-order valence-electron chi connectivity index (χ4n) is 3.12. The minimum Gasteiger partial charge on any atom is -0.340 e. The number of rotatable bonds is 1. The molecule has 4 aromatic rings. The minimum absolute atomic E-state index is 0.970. The van der Waals surface area contributed by atoms with E-state index in [1.165, 1.54) is 33.1 Å². The summed E-state index contributed by atoms with van der Waals surface area (Å²) in [6, 6.07) is 12.6. The molecule has 0 saturated heterocycles. The van der Waals surface area contributed by atoms with Crippen LogP contribution in [0.3, 0.4) is 0 Å². The van der Waals surface area contributed by atoms with E-state index in [2.05, 4.69) is 65.6 Å². The predicted molar refractivity (Wildman–Crippen MR) is 87.1 cm³/mol. The normalized spacial score (nSPS) is 11.6. The Balaban J connectivity index is 2.16. The lowest BCUT2D eigenvalue weighted by Gasteiger charge is -2.07. The van der Waals surface area contributed by atoms with Gasteiger partial charge >= 0.3 is 0 Å². The Kier molecular flexibility index (Phi) is 2.45. The first kappa shape index (κ1) is 12.2. The smallest absolute Gasteiger partial charge is 0.138 e. The molecule has 0 saturated carbocycles. The van der Waals surface area contributed by atoms with Crippen molar-refractivity contribution in [3.63, 3.8) is 0 Å². The molecule has 21 heavy (non-hydrogen) atoms. The molecule has 3 heteroatoms. The summed E-state index contributed by atoms with van der Waals surface area (Å²) in [6.07, 6.45) is 1.87. The quantitative estimate of drug-likeness (QED) is 0.547. The van der Waals surface area contributed by atoms with E-state index >= 15 is 0 Å². The Morgan fingerprint density at radius 3 is 2.67 bits per heavy atom. The van der Waals surface area contributed by atoms with Crippen LogP contribution in [0.2, 0.25) is 0 Å². The van der Waals surface area contributed by atoms with Crippen molar-refractivity contribution in [1.82, 2.24) is 14.5 Å². The number of aromatic nitrogens is 3. The number of benzene rings is 1. The molecule has 3 nitrogen and oxygen atoms in total. The molecule has 0 bridgehead atoms. The van der Waals surface area contributed by atoms with Crippen LogP contribution in [0, 0.1) is 20.8 Å². The largest absolute Gasteiger partial charge is 0.340 e. The second kappa shape index (κ2) is 4.22. The van der Waals surface area contributed by atoms with Crippen LogP contribution in [0.4, 0.5) is 0 Å². The highest BCUT2D eigenvalue weighted by molar-refractivity contribution is 6.09. The highest BCUT2D eigenvalue weighted by Gasteiger charge is 2.17. The zero-order valence-corrected chi connectivity index (χ0v) is 12.4. The monoisotopic (exact) mass is 275 g/mol. The molecule has 0 spiro atoms. The van der Waals surface area contributed by atoms with Gasteiger partial charge in [-0.1, -0.05) is 18.2 Å². The number of fused-ring (bicyclic) bond motifs is 3. The van der Waals surface area contributed by atoms with Crippen LogP contribution >= 0.6 is 0 Å². The number of aryl methyl sites for hydroxylation is 2. The van der Waals surface area contributed by atoms with Crippen LogP contribution in [-0.4, -0.2) is 14.5 Å². The minimum atomic E-state index is 0.970. The van der Waals surface area contributed by atoms with Gasteiger partial charge < -0.3 is 4.98 Å². The Labute approximate surface area is 123 Å². The highest BCUT2D eigenvalue weighted by Crippen LogP contribution is 2.33. The van der Waals surface area contributed by atoms with Crippen molar-refractivity contribution in [2.75, 3.05) is 0 Å². The summed E-state index contributed by atoms with van der Waals surface area (Å²) < 4.78 is 2.22. The fourth-order valence-corrected chi connectivity index (χ4v) is 3.12. The molecule has 0 aliphatic carbocycles. The lowest BCUT2D eigenvalue weighted by molar-refractivity contribution is 0.968. The molecule has 0 amide bonds. The number of hydrogen-bond acceptors (Lipinski definition) is 1. The molecule has 0 fully saturated rings. The Bertz CT molecular complexity index is 973. The van der Waals surface area contributed by atoms with E-state index in [0.29, 0.717) is 0 Å². The van der Waals surface area contributed by atoms with Crippen LogP contribution < -0.4 is 0 Å². The zero-order valence-electron chi connectivity index (χ0n) is 12.4. The fraction of sp³-hybridized carbons (Fsp3) is 0.167. The summed E-state index contributed by atoms with van der Waals surface area (Å²) in [6.45, 7) is 6.44. The SMILES string of the molecule is Cc1ccnc(-n2c(C)c(C)c3c4ccccc4[nH]c32)c1. The van der Waals surface area contributed by atoms with Crippen molar-refractivity contribution in [3.05, 3.63) is 59.4 Å². The average Bonchev–Trinajstić information content (AvgIpc) is 2.95. The van der Waals surface area contributed by atoms with Gasteiger partial charge in [-0.15, -0.1) is 0 Å². The van der Waals surface area contributed by atoms with E-state index in [9.17, 15) is 0 Å². The number of para-hydroxylation sites is 1. The molecule has 3 heterocycles. The third-order valence-electron chi connectivity index (χ3n) is 4.29. The molecule has 0 atom stereocenters. The maximum atomic E-state index is 4.55. The third kappa shape index (κ3) is 1.64. The van der Waals surface area contributed by atoms with Gasteiger partial charge in [0.15, 0.2) is 0 Å². The van der Waals surface area contributed by atoms with Gasteiger partial charge in [-0.05, 0) is 50.1 Å². The van der Waals surface area contributed by atoms with E-state index in [4.69, 9.17) is 0 Å². The molecule has 0 aliphatic heterocycles. The summed E-state index contributed by atoms with van der Waals surface area (Å²) in [5.41, 5.74) is 6.07. The van der Waals surface area contributed by atoms with Gasteiger partial charge in [-0.25, -0.2) is 4.98 Å². The van der Waals surface area contributed by atoms with Gasteiger partial charge in [0, 0.05) is 28.2 Å². The van der Waals surface area contributed by atoms with Crippen LogP contribution in [0.5, 0.6) is 0 Å². The van der Waals surface area contributed by atoms with E-state index in [0.717, 1.165) is 11.5 Å². The van der Waals surface area contributed by atoms with Gasteiger partial charge in [0.1, 0.15) is 11.5 Å². The summed E-state index contributed by atoms with van der Waals surface area (Å²) in [4.78, 5) is 8.10. The van der Waals surface area contributed by atoms with Gasteiger partial charge in [0.05, 0.1) is 0 Å². The summed E-state index contributed by atoms with van der Waals surface area (Å²) in [5, 5.41) is 2.57. The van der Waals surface area contributed by atoms with Crippen LogP contribution in [-0.2, 0) is 0 Å². The van der Waals surface area contributed by atoms with Gasteiger partial charge in [0.25, 0.3) is 0 Å². The number of nitrogens with one attached hydrogen (secondary N) is 1. The van der Waals surface area contributed by atoms with E-state index < -0.39 is 0 Å². The van der Waals surface area contributed by atoms with Crippen molar-refractivity contribution in [2.24, 2.45) is 0 Å². The Morgan fingerprint density at radius 1 is 1.05 bits per heavy atom. The number of hydrogen-bond donors (Lipinski definition) is 1. The van der Waals surface area contributed by atoms with Crippen LogP contribution in [0.15, 0.2) is 42.6 Å². The zero-order chi connectivity index (χ0) is 14.6. The molecule has 3 aromatic heterocycles. The molecule has 4 rings (SSSR count). The Hall–Kier alpha value is -2.55. The summed E-state index contributed by atoms with van der Waals surface area (Å²) >= 11 is 0. The maximum Gasteiger partial charge on any atom is 0.138 e. The number of H-pyrrole nitrogens is 1. The number of pyridine rings is 1. The lowest BCUT2D eigenvalue weighted by Crippen LogP contribution is -2.00. The van der Waals surface area contributed by atoms with Gasteiger partial charge in [-0.2, -0.15) is 0 Å². The van der Waals surface area contributed by atoms with Gasteiger partial charge in [-0.3, -0.25) is 4.57 Å². The standard InChI is InChI=1S/C18H17N3/c1-11-8-9-19-16(10-11)21-13(3)12(2)17-14-6-4-5-7-15(14)20-18(17)21/h4-10,20H,1-3H3. The second-order valence-corrected chi connectivity index (χ2v) is 5.63. The first-order chi connectivity index (χ1) is 10.2. The second-order valence-electron chi connectivity index (χ2n) is 5.63. The van der Waals surface area contributed by atoms with Crippen molar-refractivity contribution in [3.8, 4) is 5.82 Å². The number of aromatic amines is 1. The molecular weight excluding hydrogens is 258 g/mol. The van der Waals surface area contributed by atoms with E-state index in [-0.39, 0.29) is 0 Å². The summed E-state index contributed by atoms with van der Waals surface area (Å²) in [5.74, 6) is 0.970. The molecule has 1 N–H and O–H groups in total. The number of nitrogens with zero attached hydrogens (tertiary/aromatic N) is 2. The van der Waals surface area contributed by atoms with Crippen molar-refractivity contribution < 1.29 is 0 Å². The highest BCUT2D eigenvalue weighted by atomic mass is 15.1. The van der Waals surface area contributed by atoms with E-state index in [1.54, 1.807) is 0 Å². The first-order valence-corrected chi connectivity index (χ1v) is 7.18. The lowest BCUT2D eigenvalue weighted by atomic mass is 10.1. The molecular formula is C18H17N3. The van der Waals surface area contributed by atoms with E-state index in [1.807, 2.05) is 12.3 Å². The third-order valence-corrected chi connectivity index (χ3v) is 4.29. The van der Waals surface area contributed by atoms with Crippen molar-refractivity contribution >= 4 is 21.9 Å². The van der Waals surface area contributed by atoms with Crippen molar-refractivity contribution in [2.45, 2.75) is 20.8 Å². The summed E-state index contributed by atoms with van der Waals surface area (Å²) in [7, 11) is 0. The van der Waals surface area contributed by atoms with Crippen LogP contribution in [0.25, 0.3) is 27.8 Å². The van der Waals surface area contributed by atoms with Crippen LogP contribution in [0.1, 0.15) is 16.8 Å². The maximum absolute atomic E-state index is 4.55. The van der Waals surface area contributed by atoms with Gasteiger partial charge in [0.2, 0.25) is 0 Å². The molecule has 0 aliphatic rings. The topological polar surface area (TPSA) is 33.6 Å². The molecule has 0 radical (unpaired) electrons. The molecule has 104 valence electrons.